The van der Waals surface area contributed by atoms with Crippen LogP contribution in [-0.2, 0) is 4.79 Å². The van der Waals surface area contributed by atoms with Gasteiger partial charge in [-0.15, -0.1) is 0 Å². The molecule has 1 saturated heterocycles. The SMILES string of the molecule is O=C1CCN(C(=O)c2cc3cc(F)ccc3[nH]c2=O)CCCCCN1. The summed E-state index contributed by atoms with van der Waals surface area (Å²) in [5.74, 6) is -0.969. The van der Waals surface area contributed by atoms with Crippen LogP contribution in [0.4, 0.5) is 4.39 Å². The predicted molar refractivity (Wildman–Crippen MR) is 91.9 cm³/mol. The van der Waals surface area contributed by atoms with Crippen molar-refractivity contribution in [2.45, 2.75) is 25.7 Å². The van der Waals surface area contributed by atoms with Crippen LogP contribution in [0.1, 0.15) is 36.0 Å². The average molecular weight is 345 g/mol. The molecule has 25 heavy (non-hydrogen) atoms. The van der Waals surface area contributed by atoms with Crippen LogP contribution in [0.3, 0.4) is 0 Å². The molecule has 0 unspecified atom stereocenters. The maximum atomic E-state index is 13.4. The Morgan fingerprint density at radius 3 is 2.76 bits per heavy atom. The van der Waals surface area contributed by atoms with Crippen LogP contribution in [0.25, 0.3) is 10.9 Å². The summed E-state index contributed by atoms with van der Waals surface area (Å²) in [6.07, 6.45) is 2.76. The van der Waals surface area contributed by atoms with Gasteiger partial charge in [-0.1, -0.05) is 0 Å². The van der Waals surface area contributed by atoms with Crippen LogP contribution >= 0.6 is 0 Å². The summed E-state index contributed by atoms with van der Waals surface area (Å²) in [5, 5.41) is 3.27. The van der Waals surface area contributed by atoms with Crippen molar-refractivity contribution < 1.29 is 14.0 Å². The molecule has 2 N–H and O–H groups in total. The lowest BCUT2D eigenvalue weighted by Gasteiger charge is -2.23. The Morgan fingerprint density at radius 2 is 1.92 bits per heavy atom. The first-order chi connectivity index (χ1) is 12.0. The Hall–Kier alpha value is -2.70. The molecule has 1 aliphatic rings. The Kier molecular flexibility index (Phi) is 5.11. The number of fused-ring (bicyclic) bond motifs is 1. The van der Waals surface area contributed by atoms with Crippen LogP contribution in [0, 0.1) is 5.82 Å². The van der Waals surface area contributed by atoms with E-state index < -0.39 is 17.3 Å². The minimum atomic E-state index is -0.509. The lowest BCUT2D eigenvalue weighted by molar-refractivity contribution is -0.121. The summed E-state index contributed by atoms with van der Waals surface area (Å²) in [5.41, 5.74) is -0.0653. The Balaban J connectivity index is 1.89. The van der Waals surface area contributed by atoms with Crippen molar-refractivity contribution in [2.75, 3.05) is 19.6 Å². The molecule has 2 amide bonds. The molecule has 2 heterocycles. The van der Waals surface area contributed by atoms with E-state index in [9.17, 15) is 18.8 Å². The van der Waals surface area contributed by atoms with Gasteiger partial charge in [-0.25, -0.2) is 4.39 Å². The molecule has 7 heteroatoms. The maximum absolute atomic E-state index is 13.4. The number of amides is 2. The van der Waals surface area contributed by atoms with E-state index >= 15 is 0 Å². The van der Waals surface area contributed by atoms with Gasteiger partial charge in [0.25, 0.3) is 11.5 Å². The van der Waals surface area contributed by atoms with Gasteiger partial charge in [-0.2, -0.15) is 0 Å². The van der Waals surface area contributed by atoms with Gasteiger partial charge >= 0.3 is 0 Å². The Bertz CT molecular complexity index is 862. The molecule has 132 valence electrons. The number of carbonyl (C=O) groups is 2. The van der Waals surface area contributed by atoms with E-state index in [2.05, 4.69) is 10.3 Å². The zero-order valence-electron chi connectivity index (χ0n) is 13.8. The molecule has 0 bridgehead atoms. The van der Waals surface area contributed by atoms with E-state index in [0.29, 0.717) is 24.0 Å². The second kappa shape index (κ2) is 7.46. The molecule has 1 aliphatic heterocycles. The summed E-state index contributed by atoms with van der Waals surface area (Å²) in [6.45, 7) is 1.40. The highest BCUT2D eigenvalue weighted by molar-refractivity contribution is 5.97. The first-order valence-corrected chi connectivity index (χ1v) is 8.43. The van der Waals surface area contributed by atoms with Gasteiger partial charge in [0.15, 0.2) is 0 Å². The van der Waals surface area contributed by atoms with Crippen LogP contribution in [-0.4, -0.2) is 41.3 Å². The fourth-order valence-corrected chi connectivity index (χ4v) is 2.98. The smallest absolute Gasteiger partial charge is 0.261 e. The molecule has 0 atom stereocenters. The van der Waals surface area contributed by atoms with Crippen molar-refractivity contribution in [3.05, 3.63) is 46.0 Å². The number of carbonyl (C=O) groups excluding carboxylic acids is 2. The Labute approximate surface area is 144 Å². The number of hydrogen-bond acceptors (Lipinski definition) is 3. The zero-order chi connectivity index (χ0) is 17.8. The fourth-order valence-electron chi connectivity index (χ4n) is 2.98. The van der Waals surface area contributed by atoms with Gasteiger partial charge in [-0.05, 0) is 43.5 Å². The number of nitrogens with zero attached hydrogens (tertiary/aromatic N) is 1. The van der Waals surface area contributed by atoms with Gasteiger partial charge in [-0.3, -0.25) is 14.4 Å². The van der Waals surface area contributed by atoms with Crippen LogP contribution in [0.15, 0.2) is 29.1 Å². The number of nitrogens with one attached hydrogen (secondary N) is 2. The summed E-state index contributed by atoms with van der Waals surface area (Å²) < 4.78 is 13.4. The third kappa shape index (κ3) is 4.04. The largest absolute Gasteiger partial charge is 0.356 e. The lowest BCUT2D eigenvalue weighted by atomic mass is 10.1. The van der Waals surface area contributed by atoms with Crippen molar-refractivity contribution in [2.24, 2.45) is 0 Å². The van der Waals surface area contributed by atoms with Crippen LogP contribution < -0.4 is 10.9 Å². The number of pyridine rings is 1. The number of H-pyrrole nitrogens is 1. The van der Waals surface area contributed by atoms with Crippen molar-refractivity contribution in [1.82, 2.24) is 15.2 Å². The van der Waals surface area contributed by atoms with E-state index in [1.807, 2.05) is 0 Å². The van der Waals surface area contributed by atoms with Gasteiger partial charge in [0, 0.05) is 37.0 Å². The zero-order valence-corrected chi connectivity index (χ0v) is 13.8. The molecule has 3 rings (SSSR count). The fraction of sp³-hybridized carbons (Fsp3) is 0.389. The molecule has 1 aromatic carbocycles. The van der Waals surface area contributed by atoms with Crippen molar-refractivity contribution in [3.8, 4) is 0 Å². The van der Waals surface area contributed by atoms with E-state index in [0.717, 1.165) is 19.3 Å². The number of halogens is 1. The number of benzene rings is 1. The third-order valence-corrected chi connectivity index (χ3v) is 4.36. The third-order valence-electron chi connectivity index (χ3n) is 4.36. The molecule has 6 nitrogen and oxygen atoms in total. The lowest BCUT2D eigenvalue weighted by Crippen LogP contribution is -2.39. The first-order valence-electron chi connectivity index (χ1n) is 8.43. The molecular weight excluding hydrogens is 325 g/mol. The van der Waals surface area contributed by atoms with Crippen molar-refractivity contribution in [1.29, 1.82) is 0 Å². The monoisotopic (exact) mass is 345 g/mol. The molecular formula is C18H20FN3O3. The number of hydrogen-bond donors (Lipinski definition) is 2. The number of aromatic amines is 1. The number of aromatic nitrogens is 1. The van der Waals surface area contributed by atoms with Gasteiger partial charge in [0.1, 0.15) is 11.4 Å². The van der Waals surface area contributed by atoms with Gasteiger partial charge in [0.05, 0.1) is 0 Å². The standard InChI is InChI=1S/C18H20FN3O3/c19-13-4-5-15-12(10-13)11-14(17(24)21-15)18(25)22-8-3-1-2-7-20-16(23)6-9-22/h4-5,10-11H,1-3,6-9H2,(H,20,23)(H,21,24). The molecule has 1 aromatic heterocycles. The Morgan fingerprint density at radius 1 is 1.08 bits per heavy atom. The minimum Gasteiger partial charge on any atom is -0.356 e. The number of rotatable bonds is 1. The summed E-state index contributed by atoms with van der Waals surface area (Å²) in [6, 6.07) is 5.41. The highest BCUT2D eigenvalue weighted by Crippen LogP contribution is 2.14. The second-order valence-corrected chi connectivity index (χ2v) is 6.20. The van der Waals surface area contributed by atoms with Gasteiger partial charge in [0.2, 0.25) is 5.91 Å². The first kappa shape index (κ1) is 17.1. The van der Waals surface area contributed by atoms with Gasteiger partial charge < -0.3 is 15.2 Å². The predicted octanol–water partition coefficient (Wildman–Crippen LogP) is 1.80. The summed E-state index contributed by atoms with van der Waals surface area (Å²) in [7, 11) is 0. The highest BCUT2D eigenvalue weighted by atomic mass is 19.1. The summed E-state index contributed by atoms with van der Waals surface area (Å²) in [4.78, 5) is 40.9. The van der Waals surface area contributed by atoms with E-state index in [1.54, 1.807) is 0 Å². The van der Waals surface area contributed by atoms with E-state index in [-0.39, 0.29) is 24.4 Å². The molecule has 0 spiro atoms. The van der Waals surface area contributed by atoms with Crippen LogP contribution in [0.5, 0.6) is 0 Å². The highest BCUT2D eigenvalue weighted by Gasteiger charge is 2.20. The van der Waals surface area contributed by atoms with Crippen molar-refractivity contribution >= 4 is 22.7 Å². The topological polar surface area (TPSA) is 82.3 Å². The average Bonchev–Trinajstić information content (AvgIpc) is 2.60. The molecule has 0 aliphatic carbocycles. The quantitative estimate of drug-likeness (QED) is 0.827. The minimum absolute atomic E-state index is 0.0319. The van der Waals surface area contributed by atoms with Crippen LogP contribution in [0.2, 0.25) is 0 Å². The van der Waals surface area contributed by atoms with E-state index in [4.69, 9.17) is 0 Å². The molecule has 2 aromatic rings. The molecule has 0 saturated carbocycles. The second-order valence-electron chi connectivity index (χ2n) is 6.20. The van der Waals surface area contributed by atoms with E-state index in [1.165, 1.54) is 29.2 Å². The van der Waals surface area contributed by atoms with Crippen molar-refractivity contribution in [3.63, 3.8) is 0 Å². The maximum Gasteiger partial charge on any atom is 0.261 e. The molecule has 0 radical (unpaired) electrons. The normalized spacial score (nSPS) is 16.5. The molecule has 1 fully saturated rings. The summed E-state index contributed by atoms with van der Waals surface area (Å²) >= 11 is 0.